The van der Waals surface area contributed by atoms with Gasteiger partial charge in [0, 0.05) is 45.8 Å². The van der Waals surface area contributed by atoms with Crippen LogP contribution in [0.4, 0.5) is 0 Å². The zero-order valence-electron chi connectivity index (χ0n) is 15.7. The molecule has 2 N–H and O–H groups in total. The summed E-state index contributed by atoms with van der Waals surface area (Å²) >= 11 is 0. The highest BCUT2D eigenvalue weighted by Crippen LogP contribution is 2.20. The number of hydrogen-bond donors (Lipinski definition) is 1. The van der Waals surface area contributed by atoms with Crippen molar-refractivity contribution in [2.24, 2.45) is 5.73 Å². The lowest BCUT2D eigenvalue weighted by atomic mass is 10.1. The number of likely N-dealkylation sites (N-methyl/N-ethyl adjacent to an activating group) is 1. The number of ether oxygens (including phenoxy) is 1. The molecule has 26 heavy (non-hydrogen) atoms. The molecular weight excluding hydrogens is 326 g/mol. The van der Waals surface area contributed by atoms with Crippen LogP contribution >= 0.6 is 0 Å². The fraction of sp³-hybridized carbons (Fsp3) is 0.381. The molecule has 0 atom stereocenters. The molecule has 0 unspecified atom stereocenters. The molecule has 0 heterocycles. The number of carbonyl (C=O) groups is 1. The van der Waals surface area contributed by atoms with Gasteiger partial charge in [-0.2, -0.15) is 0 Å². The predicted molar refractivity (Wildman–Crippen MR) is 105 cm³/mol. The lowest BCUT2D eigenvalue weighted by Crippen LogP contribution is -2.31. The second-order valence-electron chi connectivity index (χ2n) is 6.48. The van der Waals surface area contributed by atoms with Crippen molar-refractivity contribution in [3.63, 3.8) is 0 Å². The van der Waals surface area contributed by atoms with E-state index in [1.54, 1.807) is 14.1 Å². The van der Waals surface area contributed by atoms with Crippen LogP contribution in [0.3, 0.4) is 0 Å². The van der Waals surface area contributed by atoms with Crippen molar-refractivity contribution in [2.45, 2.75) is 13.0 Å². The normalized spacial score (nSPS) is 10.8. The summed E-state index contributed by atoms with van der Waals surface area (Å²) in [6, 6.07) is 18.3. The number of carbonyl (C=O) groups excluding carboxylic acids is 1. The van der Waals surface area contributed by atoms with Crippen molar-refractivity contribution in [3.05, 3.63) is 65.7 Å². The Morgan fingerprint density at radius 2 is 1.69 bits per heavy atom. The van der Waals surface area contributed by atoms with Crippen LogP contribution in [-0.4, -0.2) is 56.0 Å². The molecule has 0 aliphatic heterocycles. The molecule has 5 heteroatoms. The van der Waals surface area contributed by atoms with Gasteiger partial charge in [-0.05, 0) is 18.1 Å². The maximum absolute atomic E-state index is 11.8. The van der Waals surface area contributed by atoms with Crippen molar-refractivity contribution in [3.8, 4) is 5.75 Å². The van der Waals surface area contributed by atoms with Crippen molar-refractivity contribution in [1.29, 1.82) is 0 Å². The summed E-state index contributed by atoms with van der Waals surface area (Å²) in [6.45, 7) is 3.14. The Labute approximate surface area is 156 Å². The van der Waals surface area contributed by atoms with E-state index in [4.69, 9.17) is 10.5 Å². The Morgan fingerprint density at radius 3 is 2.38 bits per heavy atom. The molecule has 0 aliphatic rings. The molecule has 0 spiro atoms. The largest absolute Gasteiger partial charge is 0.483 e. The molecule has 0 saturated carbocycles. The molecule has 2 rings (SSSR count). The Morgan fingerprint density at radius 1 is 1.00 bits per heavy atom. The van der Waals surface area contributed by atoms with Crippen molar-refractivity contribution >= 4 is 5.91 Å². The van der Waals surface area contributed by atoms with Crippen LogP contribution in [0.1, 0.15) is 11.1 Å². The van der Waals surface area contributed by atoms with Crippen LogP contribution in [0.5, 0.6) is 5.75 Å². The first kappa shape index (κ1) is 19.9. The van der Waals surface area contributed by atoms with E-state index in [1.165, 1.54) is 10.5 Å². The minimum absolute atomic E-state index is 0.0465. The molecular formula is C21H29N3O2. The molecule has 2 aromatic carbocycles. The molecule has 0 saturated heterocycles. The zero-order valence-corrected chi connectivity index (χ0v) is 15.7. The van der Waals surface area contributed by atoms with Crippen LogP contribution < -0.4 is 10.5 Å². The smallest absolute Gasteiger partial charge is 0.259 e. The number of amides is 1. The topological polar surface area (TPSA) is 58.8 Å². The summed E-state index contributed by atoms with van der Waals surface area (Å²) < 4.78 is 5.75. The van der Waals surface area contributed by atoms with Gasteiger partial charge in [0.1, 0.15) is 5.75 Å². The summed E-state index contributed by atoms with van der Waals surface area (Å²) in [5, 5.41) is 0. The van der Waals surface area contributed by atoms with E-state index < -0.39 is 0 Å². The maximum Gasteiger partial charge on any atom is 0.259 e. The average molecular weight is 355 g/mol. The third-order valence-electron chi connectivity index (χ3n) is 4.22. The van der Waals surface area contributed by atoms with Gasteiger partial charge < -0.3 is 15.4 Å². The Kier molecular flexibility index (Phi) is 8.12. The number of benzene rings is 2. The number of rotatable bonds is 10. The molecule has 0 aromatic heterocycles. The summed E-state index contributed by atoms with van der Waals surface area (Å²) in [5.41, 5.74) is 8.18. The van der Waals surface area contributed by atoms with E-state index in [1.807, 2.05) is 30.3 Å². The van der Waals surface area contributed by atoms with E-state index in [-0.39, 0.29) is 12.5 Å². The molecule has 5 nitrogen and oxygen atoms in total. The van der Waals surface area contributed by atoms with Crippen molar-refractivity contribution in [2.75, 3.05) is 40.3 Å². The lowest BCUT2D eigenvalue weighted by molar-refractivity contribution is -0.130. The molecule has 2 aromatic rings. The maximum atomic E-state index is 11.8. The third-order valence-corrected chi connectivity index (χ3v) is 4.22. The molecule has 140 valence electrons. The first-order chi connectivity index (χ1) is 12.6. The van der Waals surface area contributed by atoms with Crippen LogP contribution in [0.15, 0.2) is 54.6 Å². The second-order valence-corrected chi connectivity index (χ2v) is 6.48. The number of nitrogens with zero attached hydrogens (tertiary/aromatic N) is 2. The Bertz CT molecular complexity index is 674. The van der Waals surface area contributed by atoms with Gasteiger partial charge in [-0.3, -0.25) is 9.69 Å². The number of hydrogen-bond acceptors (Lipinski definition) is 4. The van der Waals surface area contributed by atoms with E-state index >= 15 is 0 Å². The first-order valence-corrected chi connectivity index (χ1v) is 8.97. The summed E-state index contributed by atoms with van der Waals surface area (Å²) in [5.74, 6) is 0.701. The molecule has 0 bridgehead atoms. The average Bonchev–Trinajstić information content (AvgIpc) is 2.66. The summed E-state index contributed by atoms with van der Waals surface area (Å²) in [6.07, 6.45) is 0.975. The van der Waals surface area contributed by atoms with Crippen LogP contribution in [0.25, 0.3) is 0 Å². The summed E-state index contributed by atoms with van der Waals surface area (Å²) in [4.78, 5) is 15.6. The fourth-order valence-electron chi connectivity index (χ4n) is 2.67. The molecule has 0 fully saturated rings. The van der Waals surface area contributed by atoms with Gasteiger partial charge >= 0.3 is 0 Å². The Balaban J connectivity index is 1.99. The van der Waals surface area contributed by atoms with Gasteiger partial charge in [0.2, 0.25) is 0 Å². The van der Waals surface area contributed by atoms with E-state index in [9.17, 15) is 4.79 Å². The highest BCUT2D eigenvalue weighted by atomic mass is 16.5. The molecule has 0 aliphatic carbocycles. The Hall–Kier alpha value is -2.37. The SMILES string of the molecule is CN(C)C(=O)COc1ccccc1CN(CCN)CCc1ccccc1. The first-order valence-electron chi connectivity index (χ1n) is 8.97. The van der Waals surface area contributed by atoms with Gasteiger partial charge in [0.15, 0.2) is 6.61 Å². The van der Waals surface area contributed by atoms with Gasteiger partial charge in [-0.15, -0.1) is 0 Å². The lowest BCUT2D eigenvalue weighted by Gasteiger charge is -2.23. The van der Waals surface area contributed by atoms with E-state index in [2.05, 4.69) is 29.2 Å². The minimum atomic E-state index is -0.0531. The van der Waals surface area contributed by atoms with Crippen LogP contribution in [0.2, 0.25) is 0 Å². The molecule has 0 radical (unpaired) electrons. The van der Waals surface area contributed by atoms with Crippen LogP contribution in [-0.2, 0) is 17.8 Å². The van der Waals surface area contributed by atoms with E-state index in [0.717, 1.165) is 37.4 Å². The zero-order chi connectivity index (χ0) is 18.8. The van der Waals surface area contributed by atoms with Crippen molar-refractivity contribution in [1.82, 2.24) is 9.80 Å². The molecule has 1 amide bonds. The fourth-order valence-corrected chi connectivity index (χ4v) is 2.67. The predicted octanol–water partition coefficient (Wildman–Crippen LogP) is 2.16. The minimum Gasteiger partial charge on any atom is -0.483 e. The highest BCUT2D eigenvalue weighted by molar-refractivity contribution is 5.77. The third kappa shape index (κ3) is 6.50. The standard InChI is InChI=1S/C21H29N3O2/c1-23(2)21(25)17-26-20-11-7-6-10-19(20)16-24(15-13-22)14-12-18-8-4-3-5-9-18/h3-11H,12-17,22H2,1-2H3. The number of nitrogens with two attached hydrogens (primary N) is 1. The van der Waals surface area contributed by atoms with E-state index in [0.29, 0.717) is 6.54 Å². The highest BCUT2D eigenvalue weighted by Gasteiger charge is 2.12. The van der Waals surface area contributed by atoms with Crippen molar-refractivity contribution < 1.29 is 9.53 Å². The van der Waals surface area contributed by atoms with Gasteiger partial charge in [-0.25, -0.2) is 0 Å². The van der Waals surface area contributed by atoms with Gasteiger partial charge in [-0.1, -0.05) is 48.5 Å². The van der Waals surface area contributed by atoms with Gasteiger partial charge in [0.25, 0.3) is 5.91 Å². The summed E-state index contributed by atoms with van der Waals surface area (Å²) in [7, 11) is 3.45. The second kappa shape index (κ2) is 10.6. The number of para-hydroxylation sites is 1. The van der Waals surface area contributed by atoms with Gasteiger partial charge in [0.05, 0.1) is 0 Å². The monoisotopic (exact) mass is 355 g/mol. The quantitative estimate of drug-likeness (QED) is 0.709. The van der Waals surface area contributed by atoms with Crippen LogP contribution in [0, 0.1) is 0 Å².